The molecule has 0 aliphatic carbocycles. The number of rotatable bonds is 3. The topological polar surface area (TPSA) is 86.6 Å². The van der Waals surface area contributed by atoms with Crippen molar-refractivity contribution >= 4 is 22.6 Å². The van der Waals surface area contributed by atoms with E-state index >= 15 is 0 Å². The van der Waals surface area contributed by atoms with Crippen molar-refractivity contribution in [2.24, 2.45) is 0 Å². The van der Waals surface area contributed by atoms with Crippen molar-refractivity contribution in [3.63, 3.8) is 0 Å². The molecule has 7 heteroatoms. The fourth-order valence-corrected chi connectivity index (χ4v) is 3.88. The van der Waals surface area contributed by atoms with Gasteiger partial charge in [-0.3, -0.25) is 0 Å². The molecule has 0 aliphatic rings. The van der Waals surface area contributed by atoms with Gasteiger partial charge in [0.25, 0.3) is 0 Å². The van der Waals surface area contributed by atoms with Gasteiger partial charge in [-0.2, -0.15) is 0 Å². The van der Waals surface area contributed by atoms with Crippen molar-refractivity contribution in [3.8, 4) is 0 Å². The Kier molecular flexibility index (Phi) is 4.46. The van der Waals surface area contributed by atoms with Crippen LogP contribution in [0.5, 0.6) is 0 Å². The largest absolute Gasteiger partial charge is 0.488 e. The highest BCUT2D eigenvalue weighted by molar-refractivity contribution is 7.89. The van der Waals surface area contributed by atoms with E-state index in [9.17, 15) is 8.42 Å². The number of hydrogen-bond acceptors (Lipinski definition) is 4. The second kappa shape index (κ2) is 5.24. The highest BCUT2D eigenvalue weighted by atomic mass is 32.2. The number of hydrogen-bond donors (Lipinski definition) is 3. The molecule has 0 unspecified atom stereocenters. The Morgan fingerprint density at radius 1 is 1.11 bits per heavy atom. The van der Waals surface area contributed by atoms with Crippen molar-refractivity contribution in [2.45, 2.75) is 45.1 Å². The average Bonchev–Trinajstić information content (AvgIpc) is 2.10. The predicted molar refractivity (Wildman–Crippen MR) is 75.8 cm³/mol. The second-order valence-corrected chi connectivity index (χ2v) is 7.33. The van der Waals surface area contributed by atoms with Crippen LogP contribution in [0.3, 0.4) is 0 Å². The molecule has 0 bridgehead atoms. The first-order chi connectivity index (χ1) is 8.44. The zero-order valence-corrected chi connectivity index (χ0v) is 12.7. The van der Waals surface area contributed by atoms with Crippen LogP contribution < -0.4 is 10.2 Å². The molecule has 5 nitrogen and oxygen atoms in total. The maximum Gasteiger partial charge on any atom is 0.488 e. The fourth-order valence-electron chi connectivity index (χ4n) is 2.01. The van der Waals surface area contributed by atoms with E-state index in [1.807, 2.05) is 0 Å². The summed E-state index contributed by atoms with van der Waals surface area (Å²) in [6, 6.07) is 2.93. The van der Waals surface area contributed by atoms with Crippen LogP contribution in [0.25, 0.3) is 0 Å². The zero-order valence-electron chi connectivity index (χ0n) is 11.9. The Hall–Kier alpha value is -0.885. The molecule has 0 amide bonds. The third-order valence-electron chi connectivity index (χ3n) is 2.49. The molecule has 106 valence electrons. The lowest BCUT2D eigenvalue weighted by molar-refractivity contribution is 0.425. The number of aryl methyl sites for hydroxylation is 2. The molecular weight excluding hydrogens is 265 g/mol. The third kappa shape index (κ3) is 4.04. The van der Waals surface area contributed by atoms with Crippen LogP contribution in [-0.2, 0) is 10.0 Å². The molecule has 0 heterocycles. The normalized spacial score (nSPS) is 12.6. The molecule has 1 aromatic rings. The highest BCUT2D eigenvalue weighted by Gasteiger charge is 2.26. The summed E-state index contributed by atoms with van der Waals surface area (Å²) in [6.07, 6.45) is 0. The first-order valence-electron chi connectivity index (χ1n) is 5.95. The first kappa shape index (κ1) is 16.2. The minimum atomic E-state index is -3.64. The SMILES string of the molecule is Cc1cc(B(O)O)cc(C)c1S(=O)(=O)NC(C)(C)C. The van der Waals surface area contributed by atoms with Crippen molar-refractivity contribution < 1.29 is 18.5 Å². The molecule has 0 saturated heterocycles. The van der Waals surface area contributed by atoms with E-state index in [2.05, 4.69) is 4.72 Å². The fraction of sp³-hybridized carbons (Fsp3) is 0.500. The molecule has 19 heavy (non-hydrogen) atoms. The lowest BCUT2D eigenvalue weighted by Gasteiger charge is -2.22. The van der Waals surface area contributed by atoms with Crippen LogP contribution in [-0.4, -0.2) is 31.1 Å². The van der Waals surface area contributed by atoms with E-state index in [4.69, 9.17) is 10.0 Å². The Balaban J connectivity index is 3.37. The third-order valence-corrected chi connectivity index (χ3v) is 4.55. The summed E-state index contributed by atoms with van der Waals surface area (Å²) in [5.74, 6) is 0. The van der Waals surface area contributed by atoms with Crippen molar-refractivity contribution in [1.29, 1.82) is 0 Å². The van der Waals surface area contributed by atoms with Gasteiger partial charge in [-0.1, -0.05) is 12.1 Å². The van der Waals surface area contributed by atoms with E-state index in [0.717, 1.165) is 0 Å². The van der Waals surface area contributed by atoms with Gasteiger partial charge in [0.15, 0.2) is 0 Å². The molecule has 0 aliphatic heterocycles. The van der Waals surface area contributed by atoms with Gasteiger partial charge in [0.05, 0.1) is 4.90 Å². The molecule has 1 rings (SSSR count). The number of benzene rings is 1. The van der Waals surface area contributed by atoms with Crippen LogP contribution in [0.1, 0.15) is 31.9 Å². The molecule has 0 radical (unpaired) electrons. The number of nitrogens with one attached hydrogen (secondary N) is 1. The van der Waals surface area contributed by atoms with Crippen LogP contribution in [0.2, 0.25) is 0 Å². The monoisotopic (exact) mass is 285 g/mol. The standard InChI is InChI=1S/C12H20BNO4S/c1-8-6-10(13(15)16)7-9(2)11(8)19(17,18)14-12(3,4)5/h6-7,14-16H,1-5H3. The van der Waals surface area contributed by atoms with Gasteiger partial charge in [-0.15, -0.1) is 0 Å². The summed E-state index contributed by atoms with van der Waals surface area (Å²) in [6.45, 7) is 8.56. The Morgan fingerprint density at radius 3 is 1.84 bits per heavy atom. The predicted octanol–water partition coefficient (Wildman–Crippen LogP) is 0.0600. The van der Waals surface area contributed by atoms with Gasteiger partial charge in [-0.25, -0.2) is 13.1 Å². The highest BCUT2D eigenvalue weighted by Crippen LogP contribution is 2.20. The van der Waals surface area contributed by atoms with Crippen molar-refractivity contribution in [2.75, 3.05) is 0 Å². The van der Waals surface area contributed by atoms with E-state index in [1.54, 1.807) is 34.6 Å². The van der Waals surface area contributed by atoms with Crippen molar-refractivity contribution in [1.82, 2.24) is 4.72 Å². The lowest BCUT2D eigenvalue weighted by Crippen LogP contribution is -2.41. The molecule has 0 atom stereocenters. The van der Waals surface area contributed by atoms with Gasteiger partial charge in [0.2, 0.25) is 10.0 Å². The minimum Gasteiger partial charge on any atom is -0.423 e. The molecule has 1 aromatic carbocycles. The maximum absolute atomic E-state index is 12.3. The Labute approximate surface area is 114 Å². The summed E-state index contributed by atoms with van der Waals surface area (Å²) in [5.41, 5.74) is 0.678. The maximum atomic E-state index is 12.3. The van der Waals surface area contributed by atoms with Crippen LogP contribution in [0.4, 0.5) is 0 Å². The van der Waals surface area contributed by atoms with Gasteiger partial charge >= 0.3 is 7.12 Å². The van der Waals surface area contributed by atoms with Crippen molar-refractivity contribution in [3.05, 3.63) is 23.3 Å². The number of sulfonamides is 1. The first-order valence-corrected chi connectivity index (χ1v) is 7.43. The van der Waals surface area contributed by atoms with E-state index in [0.29, 0.717) is 11.1 Å². The zero-order chi connectivity index (χ0) is 15.0. The molecule has 3 N–H and O–H groups in total. The minimum absolute atomic E-state index is 0.187. The van der Waals surface area contributed by atoms with E-state index in [-0.39, 0.29) is 10.4 Å². The van der Waals surface area contributed by atoms with Gasteiger partial charge in [-0.05, 0) is 51.2 Å². The van der Waals surface area contributed by atoms with Crippen LogP contribution in [0.15, 0.2) is 17.0 Å². The average molecular weight is 285 g/mol. The summed E-state index contributed by atoms with van der Waals surface area (Å²) < 4.78 is 27.3. The van der Waals surface area contributed by atoms with E-state index in [1.165, 1.54) is 12.1 Å². The summed E-state index contributed by atoms with van der Waals surface area (Å²) in [4.78, 5) is 0.187. The lowest BCUT2D eigenvalue weighted by atomic mass is 9.79. The quantitative estimate of drug-likeness (QED) is 0.685. The van der Waals surface area contributed by atoms with Crippen LogP contribution in [0, 0.1) is 13.8 Å². The summed E-state index contributed by atoms with van der Waals surface area (Å²) >= 11 is 0. The van der Waals surface area contributed by atoms with Gasteiger partial charge in [0.1, 0.15) is 0 Å². The Bertz CT molecular complexity index is 553. The molecular formula is C12H20BNO4S. The Morgan fingerprint density at radius 2 is 1.53 bits per heavy atom. The van der Waals surface area contributed by atoms with Gasteiger partial charge < -0.3 is 10.0 Å². The molecule has 0 aromatic heterocycles. The summed E-state index contributed by atoms with van der Waals surface area (Å²) in [5, 5.41) is 18.3. The van der Waals surface area contributed by atoms with Gasteiger partial charge in [0, 0.05) is 5.54 Å². The molecule has 0 fully saturated rings. The second-order valence-electron chi connectivity index (χ2n) is 5.71. The smallest absolute Gasteiger partial charge is 0.423 e. The molecule has 0 saturated carbocycles. The summed E-state index contributed by atoms with van der Waals surface area (Å²) in [7, 11) is -5.24. The molecule has 0 spiro atoms. The van der Waals surface area contributed by atoms with E-state index < -0.39 is 22.7 Å². The van der Waals surface area contributed by atoms with Crippen LogP contribution >= 0.6 is 0 Å².